The van der Waals surface area contributed by atoms with Crippen molar-refractivity contribution >= 4 is 23.2 Å². The number of hydrogen-bond donors (Lipinski definition) is 0. The molecule has 18 heavy (non-hydrogen) atoms. The fourth-order valence-electron chi connectivity index (χ4n) is 1.37. The summed E-state index contributed by atoms with van der Waals surface area (Å²) in [5.41, 5.74) is 1.28. The van der Waals surface area contributed by atoms with Crippen molar-refractivity contribution in [1.29, 1.82) is 0 Å². The van der Waals surface area contributed by atoms with Crippen LogP contribution in [0.1, 0.15) is 11.1 Å². The minimum atomic E-state index is -0.320. The fraction of sp³-hybridized carbons (Fsp3) is 0.154. The number of benzene rings is 1. The summed E-state index contributed by atoms with van der Waals surface area (Å²) in [4.78, 5) is 4.00. The molecule has 1 aromatic heterocycles. The number of ether oxygens (including phenoxy) is 1. The highest BCUT2D eigenvalue weighted by Crippen LogP contribution is 2.25. The number of aromatic nitrogens is 1. The van der Waals surface area contributed by atoms with E-state index in [4.69, 9.17) is 27.9 Å². The van der Waals surface area contributed by atoms with Gasteiger partial charge in [-0.2, -0.15) is 0 Å². The minimum Gasteiger partial charge on any atom is -0.439 e. The summed E-state index contributed by atoms with van der Waals surface area (Å²) in [6.07, 6.45) is 1.46. The third-order valence-corrected chi connectivity index (χ3v) is 3.05. The minimum absolute atomic E-state index is 0.264. The molecule has 0 spiro atoms. The Morgan fingerprint density at radius 1 is 1.33 bits per heavy atom. The lowest BCUT2D eigenvalue weighted by Gasteiger charge is -2.07. The van der Waals surface area contributed by atoms with Crippen LogP contribution in [0.4, 0.5) is 4.39 Å². The third-order valence-electron chi connectivity index (χ3n) is 2.42. The van der Waals surface area contributed by atoms with Gasteiger partial charge >= 0.3 is 0 Å². The van der Waals surface area contributed by atoms with E-state index in [0.717, 1.165) is 5.56 Å². The lowest BCUT2D eigenvalue weighted by Crippen LogP contribution is -1.92. The number of rotatable bonds is 3. The molecule has 0 bridgehead atoms. The van der Waals surface area contributed by atoms with Crippen molar-refractivity contribution in [2.24, 2.45) is 0 Å². The number of pyridine rings is 1. The monoisotopic (exact) mass is 285 g/mol. The summed E-state index contributed by atoms with van der Waals surface area (Å²) in [6, 6.07) is 6.26. The van der Waals surface area contributed by atoms with Crippen LogP contribution >= 0.6 is 23.2 Å². The Labute approximate surface area is 114 Å². The predicted octanol–water partition coefficient (Wildman–Crippen LogP) is 4.71. The van der Waals surface area contributed by atoms with Crippen LogP contribution < -0.4 is 4.74 Å². The molecule has 0 saturated heterocycles. The zero-order valence-electron chi connectivity index (χ0n) is 9.58. The fourth-order valence-corrected chi connectivity index (χ4v) is 1.83. The van der Waals surface area contributed by atoms with Gasteiger partial charge in [0.05, 0.1) is 5.02 Å². The van der Waals surface area contributed by atoms with Gasteiger partial charge in [0.1, 0.15) is 11.6 Å². The van der Waals surface area contributed by atoms with E-state index in [1.807, 2.05) is 0 Å². The summed E-state index contributed by atoms with van der Waals surface area (Å²) in [7, 11) is 0. The van der Waals surface area contributed by atoms with Gasteiger partial charge in [-0.1, -0.05) is 17.7 Å². The van der Waals surface area contributed by atoms with E-state index < -0.39 is 0 Å². The normalized spacial score (nSPS) is 10.4. The second-order valence-corrected chi connectivity index (χ2v) is 4.44. The first-order valence-electron chi connectivity index (χ1n) is 5.24. The standard InChI is InChI=1S/C13H10Cl2FNO/c1-8-2-3-10(5-12(8)16)18-13-4-9(6-14)11(15)7-17-13/h2-5,7H,6H2,1H3. The third kappa shape index (κ3) is 2.92. The van der Waals surface area contributed by atoms with Crippen LogP contribution in [0.5, 0.6) is 11.6 Å². The largest absolute Gasteiger partial charge is 0.439 e. The highest BCUT2D eigenvalue weighted by Gasteiger charge is 2.06. The first-order chi connectivity index (χ1) is 8.60. The maximum atomic E-state index is 13.3. The van der Waals surface area contributed by atoms with Crippen molar-refractivity contribution in [2.75, 3.05) is 0 Å². The van der Waals surface area contributed by atoms with Gasteiger partial charge in [-0.3, -0.25) is 0 Å². The van der Waals surface area contributed by atoms with Crippen LogP contribution in [0, 0.1) is 12.7 Å². The van der Waals surface area contributed by atoms with Crippen molar-refractivity contribution in [1.82, 2.24) is 4.98 Å². The number of halogens is 3. The van der Waals surface area contributed by atoms with Gasteiger partial charge in [-0.25, -0.2) is 9.37 Å². The quantitative estimate of drug-likeness (QED) is 0.762. The molecule has 2 rings (SSSR count). The van der Waals surface area contributed by atoms with Gasteiger partial charge in [-0.15, -0.1) is 11.6 Å². The molecule has 0 fully saturated rings. The van der Waals surface area contributed by atoms with Crippen LogP contribution in [0.2, 0.25) is 5.02 Å². The van der Waals surface area contributed by atoms with Crippen LogP contribution in [0.15, 0.2) is 30.5 Å². The van der Waals surface area contributed by atoms with Crippen molar-refractivity contribution in [3.8, 4) is 11.6 Å². The number of alkyl halides is 1. The smallest absolute Gasteiger partial charge is 0.219 e. The van der Waals surface area contributed by atoms with Crippen molar-refractivity contribution in [2.45, 2.75) is 12.8 Å². The molecule has 1 aromatic carbocycles. The van der Waals surface area contributed by atoms with Gasteiger partial charge < -0.3 is 4.74 Å². The Balaban J connectivity index is 2.25. The van der Waals surface area contributed by atoms with Crippen molar-refractivity contribution < 1.29 is 9.13 Å². The number of nitrogens with zero attached hydrogens (tertiary/aromatic N) is 1. The van der Waals surface area contributed by atoms with Crippen LogP contribution in [0.3, 0.4) is 0 Å². The van der Waals surface area contributed by atoms with E-state index >= 15 is 0 Å². The molecule has 0 aliphatic heterocycles. The van der Waals surface area contributed by atoms with E-state index in [9.17, 15) is 4.39 Å². The molecule has 0 N–H and O–H groups in total. The Kier molecular flexibility index (Phi) is 4.04. The Morgan fingerprint density at radius 2 is 2.11 bits per heavy atom. The molecule has 0 saturated carbocycles. The zero-order chi connectivity index (χ0) is 13.1. The van der Waals surface area contributed by atoms with E-state index in [2.05, 4.69) is 4.98 Å². The van der Waals surface area contributed by atoms with E-state index in [1.54, 1.807) is 25.1 Å². The van der Waals surface area contributed by atoms with Crippen LogP contribution in [-0.4, -0.2) is 4.98 Å². The maximum Gasteiger partial charge on any atom is 0.219 e. The SMILES string of the molecule is Cc1ccc(Oc2cc(CCl)c(Cl)cn2)cc1F. The van der Waals surface area contributed by atoms with Gasteiger partial charge in [0.15, 0.2) is 0 Å². The molecule has 5 heteroatoms. The van der Waals surface area contributed by atoms with Gasteiger partial charge in [0.2, 0.25) is 5.88 Å². The zero-order valence-corrected chi connectivity index (χ0v) is 11.1. The second kappa shape index (κ2) is 5.55. The average molecular weight is 286 g/mol. The summed E-state index contributed by atoms with van der Waals surface area (Å²) < 4.78 is 18.8. The maximum absolute atomic E-state index is 13.3. The first-order valence-corrected chi connectivity index (χ1v) is 6.16. The van der Waals surface area contributed by atoms with Gasteiger partial charge in [-0.05, 0) is 24.1 Å². The molecule has 1 heterocycles. The Bertz CT molecular complexity index is 575. The molecule has 0 aliphatic rings. The molecular weight excluding hydrogens is 276 g/mol. The Hall–Kier alpha value is -1.32. The molecule has 0 aliphatic carbocycles. The van der Waals surface area contributed by atoms with Gasteiger partial charge in [0.25, 0.3) is 0 Å². The highest BCUT2D eigenvalue weighted by atomic mass is 35.5. The van der Waals surface area contributed by atoms with Crippen LogP contribution in [0.25, 0.3) is 0 Å². The molecule has 2 nitrogen and oxygen atoms in total. The van der Waals surface area contributed by atoms with E-state index in [0.29, 0.717) is 22.2 Å². The summed E-state index contributed by atoms with van der Waals surface area (Å²) in [5.74, 6) is 0.658. The van der Waals surface area contributed by atoms with Gasteiger partial charge in [0, 0.05) is 24.2 Å². The first kappa shape index (κ1) is 13.1. The lowest BCUT2D eigenvalue weighted by atomic mass is 10.2. The number of aryl methyl sites for hydroxylation is 1. The molecule has 0 atom stereocenters. The van der Waals surface area contributed by atoms with Crippen molar-refractivity contribution in [3.63, 3.8) is 0 Å². The van der Waals surface area contributed by atoms with Crippen molar-refractivity contribution in [3.05, 3.63) is 52.4 Å². The topological polar surface area (TPSA) is 22.1 Å². The molecule has 2 aromatic rings. The summed E-state index contributed by atoms with van der Waals surface area (Å²) in [5, 5.41) is 0.479. The highest BCUT2D eigenvalue weighted by molar-refractivity contribution is 6.32. The molecule has 0 amide bonds. The summed E-state index contributed by atoms with van der Waals surface area (Å²) in [6.45, 7) is 1.69. The second-order valence-electron chi connectivity index (χ2n) is 3.76. The molecule has 94 valence electrons. The predicted molar refractivity (Wildman–Crippen MR) is 70.0 cm³/mol. The molecular formula is C13H10Cl2FNO. The summed E-state index contributed by atoms with van der Waals surface area (Å²) >= 11 is 11.6. The van der Waals surface area contributed by atoms with Crippen LogP contribution in [-0.2, 0) is 5.88 Å². The van der Waals surface area contributed by atoms with E-state index in [1.165, 1.54) is 12.3 Å². The molecule has 0 radical (unpaired) electrons. The Morgan fingerprint density at radius 3 is 2.78 bits per heavy atom. The lowest BCUT2D eigenvalue weighted by molar-refractivity contribution is 0.457. The van der Waals surface area contributed by atoms with E-state index in [-0.39, 0.29) is 11.7 Å². The average Bonchev–Trinajstić information content (AvgIpc) is 2.36. The number of hydrogen-bond acceptors (Lipinski definition) is 2. The molecule has 0 unspecified atom stereocenters.